The Balaban J connectivity index is 1.55. The normalized spacial score (nSPS) is 14.6. The number of rotatable bonds is 6. The minimum Gasteiger partial charge on any atom is -0.423 e. The molecule has 2 aliphatic heterocycles. The number of benzene rings is 7. The molecule has 0 amide bonds. The molecule has 8 aromatic rings. The van der Waals surface area contributed by atoms with Gasteiger partial charge in [-0.2, -0.15) is 0 Å². The van der Waals surface area contributed by atoms with Crippen molar-refractivity contribution in [3.8, 4) is 5.69 Å². The summed E-state index contributed by atoms with van der Waals surface area (Å²) in [6.07, 6.45) is 0. The number of fused-ring (bicyclic) bond motifs is 1. The molecule has 0 fully saturated rings. The van der Waals surface area contributed by atoms with Crippen LogP contribution in [0, 0.1) is 0 Å². The molecule has 0 saturated carbocycles. The second kappa shape index (κ2) is 10.9. The van der Waals surface area contributed by atoms with Gasteiger partial charge in [0.15, 0.2) is 0 Å². The van der Waals surface area contributed by atoms with Crippen molar-refractivity contribution in [1.29, 1.82) is 0 Å². The van der Waals surface area contributed by atoms with Gasteiger partial charge in [0.25, 0.3) is 0 Å². The van der Waals surface area contributed by atoms with Crippen LogP contribution in [0.4, 0.5) is 0 Å². The zero-order chi connectivity index (χ0) is 34.5. The van der Waals surface area contributed by atoms with Crippen LogP contribution in [0.3, 0.4) is 0 Å². The first kappa shape index (κ1) is 30.2. The summed E-state index contributed by atoms with van der Waals surface area (Å²) in [6.45, 7) is 0. The van der Waals surface area contributed by atoms with E-state index in [0.29, 0.717) is 10.9 Å². The zero-order valence-corrected chi connectivity index (χ0v) is 27.5. The molecule has 3 heterocycles. The SMILES string of the molecule is OB(O)c1cc2c3c(c1)c1cc(B(O)O)cc4c1n3-c1c(cccc1C4(c1ccccc1)c1ccccc1)C2(c1ccccc1)c1ccccc1. The third-order valence-electron chi connectivity index (χ3n) is 11.3. The fourth-order valence-corrected chi connectivity index (χ4v) is 9.42. The molecule has 5 nitrogen and oxygen atoms in total. The Hall–Kier alpha value is -5.69. The van der Waals surface area contributed by atoms with Crippen molar-refractivity contribution in [3.63, 3.8) is 0 Å². The molecule has 2 aliphatic rings. The summed E-state index contributed by atoms with van der Waals surface area (Å²) in [5.74, 6) is 0. The largest absolute Gasteiger partial charge is 0.488 e. The molecule has 0 spiro atoms. The minimum atomic E-state index is -1.73. The Kier molecular flexibility index (Phi) is 6.45. The fourth-order valence-electron chi connectivity index (χ4n) is 9.42. The Morgan fingerprint density at radius 3 is 1.02 bits per heavy atom. The lowest BCUT2D eigenvalue weighted by Gasteiger charge is -2.48. The van der Waals surface area contributed by atoms with Crippen molar-refractivity contribution in [2.45, 2.75) is 10.8 Å². The van der Waals surface area contributed by atoms with Crippen LogP contribution in [0.1, 0.15) is 44.5 Å². The first-order valence-electron chi connectivity index (χ1n) is 17.2. The second-order valence-electron chi connectivity index (χ2n) is 13.7. The first-order valence-corrected chi connectivity index (χ1v) is 17.2. The van der Waals surface area contributed by atoms with Crippen LogP contribution in [0.2, 0.25) is 0 Å². The van der Waals surface area contributed by atoms with Gasteiger partial charge in [-0.3, -0.25) is 0 Å². The summed E-state index contributed by atoms with van der Waals surface area (Å²) in [6, 6.07) is 56.1. The third kappa shape index (κ3) is 3.81. The van der Waals surface area contributed by atoms with Gasteiger partial charge < -0.3 is 24.7 Å². The smallest absolute Gasteiger partial charge is 0.423 e. The Morgan fingerprint density at radius 2 is 0.706 bits per heavy atom. The van der Waals surface area contributed by atoms with Crippen molar-refractivity contribution in [3.05, 3.63) is 208 Å². The molecule has 0 saturated heterocycles. The quantitative estimate of drug-likeness (QED) is 0.177. The Labute approximate surface area is 295 Å². The van der Waals surface area contributed by atoms with E-state index in [4.69, 9.17) is 0 Å². The van der Waals surface area contributed by atoms with Crippen LogP contribution in [0.15, 0.2) is 164 Å². The van der Waals surface area contributed by atoms with E-state index in [9.17, 15) is 20.1 Å². The molecule has 1 aromatic heterocycles. The number of hydrogen-bond acceptors (Lipinski definition) is 4. The maximum absolute atomic E-state index is 10.9. The highest BCUT2D eigenvalue weighted by Crippen LogP contribution is 2.61. The van der Waals surface area contributed by atoms with Crippen LogP contribution >= 0.6 is 0 Å². The lowest BCUT2D eigenvalue weighted by atomic mass is 9.58. The molecule has 7 aromatic carbocycles. The first-order chi connectivity index (χ1) is 25.0. The number of nitrogens with zero attached hydrogens (tertiary/aromatic N) is 1. The summed E-state index contributed by atoms with van der Waals surface area (Å²) in [7, 11) is -3.46. The van der Waals surface area contributed by atoms with Crippen molar-refractivity contribution in [2.24, 2.45) is 0 Å². The topological polar surface area (TPSA) is 85.8 Å². The molecule has 0 aliphatic carbocycles. The second-order valence-corrected chi connectivity index (χ2v) is 13.7. The summed E-state index contributed by atoms with van der Waals surface area (Å²) >= 11 is 0. The van der Waals surface area contributed by atoms with Crippen LogP contribution in [0.25, 0.3) is 27.5 Å². The monoisotopic (exact) mass is 659 g/mol. The predicted octanol–water partition coefficient (Wildman–Crippen LogP) is 5.54. The van der Waals surface area contributed by atoms with E-state index in [1.54, 1.807) is 0 Å². The van der Waals surface area contributed by atoms with Crippen LogP contribution in [-0.2, 0) is 10.8 Å². The van der Waals surface area contributed by atoms with E-state index in [0.717, 1.165) is 72.0 Å². The molecular formula is C44H31B2NO4. The molecule has 242 valence electrons. The summed E-state index contributed by atoms with van der Waals surface area (Å²) < 4.78 is 2.36. The highest BCUT2D eigenvalue weighted by atomic mass is 16.4. The lowest BCUT2D eigenvalue weighted by Crippen LogP contribution is -2.42. The van der Waals surface area contributed by atoms with Gasteiger partial charge in [-0.05, 0) is 55.4 Å². The van der Waals surface area contributed by atoms with E-state index < -0.39 is 25.1 Å². The van der Waals surface area contributed by atoms with Crippen LogP contribution < -0.4 is 10.9 Å². The minimum absolute atomic E-state index is 0.362. The molecule has 0 bridgehead atoms. The zero-order valence-electron chi connectivity index (χ0n) is 27.5. The van der Waals surface area contributed by atoms with Gasteiger partial charge >= 0.3 is 14.2 Å². The van der Waals surface area contributed by atoms with E-state index in [1.807, 2.05) is 48.5 Å². The van der Waals surface area contributed by atoms with E-state index in [2.05, 4.69) is 120 Å². The molecule has 0 unspecified atom stereocenters. The fraction of sp³-hybridized carbons (Fsp3) is 0.0455. The average Bonchev–Trinajstić information content (AvgIpc) is 3.52. The summed E-state index contributed by atoms with van der Waals surface area (Å²) in [5, 5.41) is 45.1. The average molecular weight is 659 g/mol. The highest BCUT2D eigenvalue weighted by molar-refractivity contribution is 6.60. The van der Waals surface area contributed by atoms with Gasteiger partial charge in [0.05, 0.1) is 27.6 Å². The van der Waals surface area contributed by atoms with E-state index in [-0.39, 0.29) is 0 Å². The third-order valence-corrected chi connectivity index (χ3v) is 11.3. The lowest BCUT2D eigenvalue weighted by molar-refractivity contribution is 0.424. The maximum atomic E-state index is 10.9. The van der Waals surface area contributed by atoms with Gasteiger partial charge in [0.1, 0.15) is 0 Å². The van der Waals surface area contributed by atoms with Crippen LogP contribution in [0.5, 0.6) is 0 Å². The number of hydrogen-bond donors (Lipinski definition) is 4. The van der Waals surface area contributed by atoms with Crippen molar-refractivity contribution < 1.29 is 20.1 Å². The van der Waals surface area contributed by atoms with Gasteiger partial charge in [-0.1, -0.05) is 164 Å². The molecule has 10 rings (SSSR count). The number of para-hydroxylation sites is 1. The molecule has 4 N–H and O–H groups in total. The predicted molar refractivity (Wildman–Crippen MR) is 204 cm³/mol. The standard InChI is InChI=1S/C44H31B2NO4/c48-45(49)32-24-34-35-25-33(46(50)51)27-39-41(35)47-40(34)38(26-32)43(28-14-5-1-6-15-28,29-16-7-2-8-17-29)36-22-13-23-37(42(36)47)44(39,30-18-9-3-10-19-30)31-20-11-4-12-21-31/h1-27,48-51H. The maximum Gasteiger partial charge on any atom is 0.488 e. The summed E-state index contributed by atoms with van der Waals surface area (Å²) in [4.78, 5) is 0. The number of aromatic nitrogens is 1. The molecule has 0 radical (unpaired) electrons. The molecular weight excluding hydrogens is 628 g/mol. The Morgan fingerprint density at radius 1 is 0.373 bits per heavy atom. The van der Waals surface area contributed by atoms with Gasteiger partial charge in [-0.25, -0.2) is 0 Å². The van der Waals surface area contributed by atoms with E-state index >= 15 is 0 Å². The van der Waals surface area contributed by atoms with Crippen molar-refractivity contribution in [2.75, 3.05) is 0 Å². The van der Waals surface area contributed by atoms with Gasteiger partial charge in [-0.15, -0.1) is 0 Å². The van der Waals surface area contributed by atoms with E-state index in [1.165, 1.54) is 0 Å². The Bertz CT molecular complexity index is 2380. The summed E-state index contributed by atoms with van der Waals surface area (Å²) in [5.41, 5.74) is 10.1. The molecule has 51 heavy (non-hydrogen) atoms. The molecule has 7 heteroatoms. The van der Waals surface area contributed by atoms with Crippen molar-refractivity contribution in [1.82, 2.24) is 4.57 Å². The van der Waals surface area contributed by atoms with Gasteiger partial charge in [0.2, 0.25) is 0 Å². The highest BCUT2D eigenvalue weighted by Gasteiger charge is 2.53. The van der Waals surface area contributed by atoms with Gasteiger partial charge in [0, 0.05) is 10.8 Å². The van der Waals surface area contributed by atoms with Crippen molar-refractivity contribution >= 4 is 47.0 Å². The van der Waals surface area contributed by atoms with Crippen LogP contribution in [-0.4, -0.2) is 38.9 Å². The molecule has 0 atom stereocenters.